The van der Waals surface area contributed by atoms with Crippen molar-refractivity contribution in [2.24, 2.45) is 5.73 Å². The first-order valence-electron chi connectivity index (χ1n) is 8.88. The van der Waals surface area contributed by atoms with Crippen molar-refractivity contribution >= 4 is 11.9 Å². The molecule has 0 bridgehead atoms. The van der Waals surface area contributed by atoms with Gasteiger partial charge in [-0.15, -0.1) is 0 Å². The van der Waals surface area contributed by atoms with Gasteiger partial charge in [-0.2, -0.15) is 15.0 Å². The molecular weight excluding hydrogens is 334 g/mol. The highest BCUT2D eigenvalue weighted by Gasteiger charge is 2.23. The number of ether oxygens (including phenoxy) is 2. The van der Waals surface area contributed by atoms with E-state index in [2.05, 4.69) is 24.8 Å². The fraction of sp³-hybridized carbons (Fsp3) is 0.529. The van der Waals surface area contributed by atoms with E-state index in [0.717, 1.165) is 31.7 Å². The van der Waals surface area contributed by atoms with Gasteiger partial charge in [0.05, 0.1) is 32.5 Å². The third-order valence-electron chi connectivity index (χ3n) is 4.54. The average Bonchev–Trinajstić information content (AvgIpc) is 2.75. The lowest BCUT2D eigenvalue weighted by atomic mass is 10.1. The van der Waals surface area contributed by atoms with Crippen LogP contribution in [0.3, 0.4) is 0 Å². The second-order valence-electron chi connectivity index (χ2n) is 6.26. The summed E-state index contributed by atoms with van der Waals surface area (Å²) in [5.41, 5.74) is 7.31. The lowest BCUT2D eigenvalue weighted by molar-refractivity contribution is 0.121. The first-order valence-corrected chi connectivity index (χ1v) is 8.88. The minimum atomic E-state index is -0.453. The quantitative estimate of drug-likeness (QED) is 0.809. The number of aromatic nitrogens is 4. The Morgan fingerprint density at radius 2 is 1.46 bits per heavy atom. The molecular formula is C17H23N7O2. The van der Waals surface area contributed by atoms with Gasteiger partial charge in [0.15, 0.2) is 5.82 Å². The molecule has 2 aliphatic rings. The third kappa shape index (κ3) is 3.74. The summed E-state index contributed by atoms with van der Waals surface area (Å²) in [6, 6.07) is 3.35. The van der Waals surface area contributed by atoms with E-state index in [-0.39, 0.29) is 0 Å². The van der Waals surface area contributed by atoms with Gasteiger partial charge in [-0.05, 0) is 11.6 Å². The Morgan fingerprint density at radius 3 is 1.96 bits per heavy atom. The number of morpholine rings is 2. The first kappa shape index (κ1) is 17.1. The number of hydrogen-bond donors (Lipinski definition) is 1. The van der Waals surface area contributed by atoms with Crippen LogP contribution in [0, 0.1) is 0 Å². The first-order chi connectivity index (χ1) is 12.8. The van der Waals surface area contributed by atoms with Crippen molar-refractivity contribution in [2.75, 3.05) is 62.4 Å². The van der Waals surface area contributed by atoms with Gasteiger partial charge in [-0.1, -0.05) is 6.07 Å². The number of rotatable bonds is 4. The fourth-order valence-corrected chi connectivity index (χ4v) is 3.03. The van der Waals surface area contributed by atoms with E-state index in [4.69, 9.17) is 20.2 Å². The average molecular weight is 357 g/mol. The summed E-state index contributed by atoms with van der Waals surface area (Å²) >= 11 is 0. The molecule has 2 saturated heterocycles. The van der Waals surface area contributed by atoms with Crippen molar-refractivity contribution in [2.45, 2.75) is 6.04 Å². The van der Waals surface area contributed by atoms with Gasteiger partial charge in [-0.25, -0.2) is 0 Å². The standard InChI is InChI=1S/C17H23N7O2/c18-14(13-2-1-3-19-12-13)15-20-16(23-4-8-25-9-5-23)22-17(21-15)24-6-10-26-11-7-24/h1-3,12,14H,4-11,18H2. The molecule has 0 spiro atoms. The van der Waals surface area contributed by atoms with E-state index in [9.17, 15) is 0 Å². The minimum Gasteiger partial charge on any atom is -0.378 e. The molecule has 4 heterocycles. The maximum absolute atomic E-state index is 6.43. The number of nitrogens with zero attached hydrogens (tertiary/aromatic N) is 6. The summed E-state index contributed by atoms with van der Waals surface area (Å²) in [4.78, 5) is 22.4. The van der Waals surface area contributed by atoms with Crippen LogP contribution >= 0.6 is 0 Å². The SMILES string of the molecule is NC(c1cccnc1)c1nc(N2CCOCC2)nc(N2CCOCC2)n1. The molecule has 138 valence electrons. The molecule has 0 aromatic carbocycles. The van der Waals surface area contributed by atoms with E-state index in [1.807, 2.05) is 12.1 Å². The van der Waals surface area contributed by atoms with Crippen molar-refractivity contribution in [1.29, 1.82) is 0 Å². The van der Waals surface area contributed by atoms with Crippen molar-refractivity contribution in [3.8, 4) is 0 Å². The van der Waals surface area contributed by atoms with Crippen molar-refractivity contribution < 1.29 is 9.47 Å². The van der Waals surface area contributed by atoms with Crippen LogP contribution < -0.4 is 15.5 Å². The molecule has 2 N–H and O–H groups in total. The Kier molecular flexibility index (Phi) is 5.19. The van der Waals surface area contributed by atoms with Gasteiger partial charge in [0.1, 0.15) is 0 Å². The topological polar surface area (TPSA) is 103 Å². The number of pyridine rings is 1. The van der Waals surface area contributed by atoms with E-state index in [1.165, 1.54) is 0 Å². The predicted octanol–water partition coefficient (Wildman–Crippen LogP) is -0.0121. The van der Waals surface area contributed by atoms with Crippen molar-refractivity contribution in [3.63, 3.8) is 0 Å². The smallest absolute Gasteiger partial charge is 0.230 e. The second-order valence-corrected chi connectivity index (χ2v) is 6.26. The van der Waals surface area contributed by atoms with Gasteiger partial charge >= 0.3 is 0 Å². The number of hydrogen-bond acceptors (Lipinski definition) is 9. The fourth-order valence-electron chi connectivity index (χ4n) is 3.03. The van der Waals surface area contributed by atoms with Crippen LogP contribution in [0.15, 0.2) is 24.5 Å². The molecule has 0 radical (unpaired) electrons. The van der Waals surface area contributed by atoms with Crippen LogP contribution in [0.2, 0.25) is 0 Å². The molecule has 0 aliphatic carbocycles. The second kappa shape index (κ2) is 7.90. The molecule has 0 saturated carbocycles. The summed E-state index contributed by atoms with van der Waals surface area (Å²) in [6.07, 6.45) is 3.47. The maximum atomic E-state index is 6.43. The molecule has 2 aliphatic heterocycles. The Hall–Kier alpha value is -2.36. The van der Waals surface area contributed by atoms with Gasteiger partial charge in [0, 0.05) is 38.6 Å². The van der Waals surface area contributed by atoms with E-state index < -0.39 is 6.04 Å². The molecule has 2 aromatic heterocycles. The summed E-state index contributed by atoms with van der Waals surface area (Å²) in [5.74, 6) is 1.86. The van der Waals surface area contributed by atoms with Crippen LogP contribution in [0.25, 0.3) is 0 Å². The van der Waals surface area contributed by atoms with Crippen molar-refractivity contribution in [3.05, 3.63) is 35.9 Å². The van der Waals surface area contributed by atoms with Crippen molar-refractivity contribution in [1.82, 2.24) is 19.9 Å². The van der Waals surface area contributed by atoms with Crippen LogP contribution in [-0.4, -0.2) is 72.5 Å². The zero-order chi connectivity index (χ0) is 17.8. The van der Waals surface area contributed by atoms with Gasteiger partial charge in [0.2, 0.25) is 11.9 Å². The molecule has 2 aromatic rings. The Balaban J connectivity index is 1.69. The van der Waals surface area contributed by atoms with Gasteiger partial charge in [-0.3, -0.25) is 4.98 Å². The molecule has 4 rings (SSSR count). The maximum Gasteiger partial charge on any atom is 0.230 e. The van der Waals surface area contributed by atoms with Crippen LogP contribution in [0.5, 0.6) is 0 Å². The molecule has 9 heteroatoms. The van der Waals surface area contributed by atoms with Crippen LogP contribution in [-0.2, 0) is 9.47 Å². The lowest BCUT2D eigenvalue weighted by Gasteiger charge is -2.30. The molecule has 26 heavy (non-hydrogen) atoms. The highest BCUT2D eigenvalue weighted by molar-refractivity contribution is 5.41. The third-order valence-corrected chi connectivity index (χ3v) is 4.54. The monoisotopic (exact) mass is 357 g/mol. The molecule has 1 atom stereocenters. The van der Waals surface area contributed by atoms with E-state index in [1.54, 1.807) is 12.4 Å². The molecule has 2 fully saturated rings. The molecule has 0 amide bonds. The molecule has 9 nitrogen and oxygen atoms in total. The normalized spacial score (nSPS) is 19.4. The Labute approximate surface area is 152 Å². The van der Waals surface area contributed by atoms with Gasteiger partial charge < -0.3 is 25.0 Å². The predicted molar refractivity (Wildman–Crippen MR) is 96.2 cm³/mol. The number of anilines is 2. The van der Waals surface area contributed by atoms with E-state index >= 15 is 0 Å². The van der Waals surface area contributed by atoms with Gasteiger partial charge in [0.25, 0.3) is 0 Å². The minimum absolute atomic E-state index is 0.453. The molecule has 1 unspecified atom stereocenters. The Morgan fingerprint density at radius 1 is 0.885 bits per heavy atom. The highest BCUT2D eigenvalue weighted by atomic mass is 16.5. The lowest BCUT2D eigenvalue weighted by Crippen LogP contribution is -2.40. The van der Waals surface area contributed by atoms with Crippen LogP contribution in [0.4, 0.5) is 11.9 Å². The zero-order valence-corrected chi connectivity index (χ0v) is 14.6. The summed E-state index contributed by atoms with van der Waals surface area (Å²) in [5, 5.41) is 0. The van der Waals surface area contributed by atoms with E-state index in [0.29, 0.717) is 44.1 Å². The summed E-state index contributed by atoms with van der Waals surface area (Å²) in [6.45, 7) is 5.71. The zero-order valence-electron chi connectivity index (χ0n) is 14.6. The highest BCUT2D eigenvalue weighted by Crippen LogP contribution is 2.22. The summed E-state index contributed by atoms with van der Waals surface area (Å²) in [7, 11) is 0. The largest absolute Gasteiger partial charge is 0.378 e. The number of nitrogens with two attached hydrogens (primary N) is 1. The Bertz CT molecular complexity index is 682. The summed E-state index contributed by atoms with van der Waals surface area (Å²) < 4.78 is 10.9. The van der Waals surface area contributed by atoms with Crippen LogP contribution in [0.1, 0.15) is 17.4 Å².